The summed E-state index contributed by atoms with van der Waals surface area (Å²) >= 11 is 0. The summed E-state index contributed by atoms with van der Waals surface area (Å²) in [6, 6.07) is 8.39. The van der Waals surface area contributed by atoms with Gasteiger partial charge in [0.25, 0.3) is 0 Å². The van der Waals surface area contributed by atoms with E-state index in [-0.39, 0.29) is 0 Å². The van der Waals surface area contributed by atoms with Crippen molar-refractivity contribution in [2.24, 2.45) is 0 Å². The third-order valence-electron chi connectivity index (χ3n) is 3.65. The molecule has 5 nitrogen and oxygen atoms in total. The fraction of sp³-hybridized carbons (Fsp3) is 0.467. The maximum Gasteiger partial charge on any atom is 0.203 e. The Labute approximate surface area is 119 Å². The second-order valence-corrected chi connectivity index (χ2v) is 5.30. The van der Waals surface area contributed by atoms with Crippen LogP contribution in [0.1, 0.15) is 30.7 Å². The number of aryl methyl sites for hydroxylation is 1. The van der Waals surface area contributed by atoms with Gasteiger partial charge in [-0.2, -0.15) is 0 Å². The summed E-state index contributed by atoms with van der Waals surface area (Å²) in [5.74, 6) is 1.18. The van der Waals surface area contributed by atoms with E-state index in [0.717, 1.165) is 12.1 Å². The molecular weight excluding hydrogens is 250 g/mol. The molecule has 0 bridgehead atoms. The highest BCUT2D eigenvalue weighted by Crippen LogP contribution is 2.17. The highest BCUT2D eigenvalue weighted by atomic mass is 15.3. The van der Waals surface area contributed by atoms with E-state index in [1.54, 1.807) is 6.92 Å². The van der Waals surface area contributed by atoms with E-state index in [1.165, 1.54) is 37.9 Å². The molecule has 1 fully saturated rings. The summed E-state index contributed by atoms with van der Waals surface area (Å²) in [5, 5.41) is 16.0. The Kier molecular flexibility index (Phi) is 3.97. The fourth-order valence-corrected chi connectivity index (χ4v) is 2.53. The number of piperidine rings is 1. The summed E-state index contributed by atoms with van der Waals surface area (Å²) in [4.78, 5) is 2.52. The van der Waals surface area contributed by atoms with Gasteiger partial charge in [0, 0.05) is 12.1 Å². The van der Waals surface area contributed by atoms with Crippen LogP contribution in [0.15, 0.2) is 24.3 Å². The second-order valence-electron chi connectivity index (χ2n) is 5.30. The van der Waals surface area contributed by atoms with Gasteiger partial charge in [-0.1, -0.05) is 30.7 Å². The zero-order valence-corrected chi connectivity index (χ0v) is 11.8. The maximum absolute atomic E-state index is 4.06. The summed E-state index contributed by atoms with van der Waals surface area (Å²) in [7, 11) is 0. The Hall–Kier alpha value is -1.88. The minimum atomic E-state index is 0.583. The smallest absolute Gasteiger partial charge is 0.203 e. The van der Waals surface area contributed by atoms with Crippen molar-refractivity contribution in [3.63, 3.8) is 0 Å². The van der Waals surface area contributed by atoms with Crippen molar-refractivity contribution >= 4 is 0 Å². The van der Waals surface area contributed by atoms with E-state index >= 15 is 0 Å². The molecule has 1 aromatic heterocycles. The number of hydrogen-bond acceptors (Lipinski definition) is 5. The molecule has 0 unspecified atom stereocenters. The van der Waals surface area contributed by atoms with Gasteiger partial charge < -0.3 is 0 Å². The van der Waals surface area contributed by atoms with Crippen molar-refractivity contribution in [3.8, 4) is 11.4 Å². The molecule has 0 aliphatic carbocycles. The zero-order chi connectivity index (χ0) is 13.8. The van der Waals surface area contributed by atoms with E-state index in [2.05, 4.69) is 37.4 Å². The van der Waals surface area contributed by atoms with Crippen LogP contribution in [0.5, 0.6) is 0 Å². The van der Waals surface area contributed by atoms with E-state index in [9.17, 15) is 0 Å². The molecule has 5 heteroatoms. The molecule has 20 heavy (non-hydrogen) atoms. The van der Waals surface area contributed by atoms with Crippen molar-refractivity contribution in [2.75, 3.05) is 13.1 Å². The Morgan fingerprint density at radius 1 is 0.900 bits per heavy atom. The molecule has 1 saturated heterocycles. The minimum absolute atomic E-state index is 0.583. The number of likely N-dealkylation sites (tertiary alicyclic amines) is 1. The van der Waals surface area contributed by atoms with Gasteiger partial charge in [0.15, 0.2) is 5.82 Å². The van der Waals surface area contributed by atoms with E-state index < -0.39 is 0 Å². The molecule has 0 atom stereocenters. The molecule has 3 rings (SSSR count). The molecule has 1 aliphatic heterocycles. The lowest BCUT2D eigenvalue weighted by atomic mass is 10.1. The molecule has 1 aliphatic rings. The van der Waals surface area contributed by atoms with Gasteiger partial charge in [-0.3, -0.25) is 4.90 Å². The fourth-order valence-electron chi connectivity index (χ4n) is 2.53. The standard InChI is InChI=1S/C15H19N5/c1-12-16-18-15(19-17-12)14-7-5-13(6-8-14)11-20-9-3-2-4-10-20/h5-8H,2-4,9-11H2,1H3. The van der Waals surface area contributed by atoms with Crippen LogP contribution < -0.4 is 0 Å². The second kappa shape index (κ2) is 6.05. The predicted octanol–water partition coefficient (Wildman–Crippen LogP) is 2.23. The highest BCUT2D eigenvalue weighted by Gasteiger charge is 2.10. The summed E-state index contributed by atoms with van der Waals surface area (Å²) in [6.45, 7) is 5.25. The quantitative estimate of drug-likeness (QED) is 0.855. The van der Waals surface area contributed by atoms with Crippen molar-refractivity contribution in [1.82, 2.24) is 25.3 Å². The SMILES string of the molecule is Cc1nnc(-c2ccc(CN3CCCCC3)cc2)nn1. The minimum Gasteiger partial charge on any atom is -0.299 e. The molecular formula is C15H19N5. The highest BCUT2D eigenvalue weighted by molar-refractivity contribution is 5.54. The molecule has 104 valence electrons. The van der Waals surface area contributed by atoms with Crippen molar-refractivity contribution in [1.29, 1.82) is 0 Å². The average Bonchev–Trinajstić information content (AvgIpc) is 2.50. The Morgan fingerprint density at radius 2 is 1.55 bits per heavy atom. The van der Waals surface area contributed by atoms with E-state index in [1.807, 2.05) is 12.1 Å². The van der Waals surface area contributed by atoms with Gasteiger partial charge in [-0.25, -0.2) is 0 Å². The molecule has 0 spiro atoms. The normalized spacial score (nSPS) is 16.2. The van der Waals surface area contributed by atoms with Crippen LogP contribution >= 0.6 is 0 Å². The lowest BCUT2D eigenvalue weighted by Crippen LogP contribution is -2.29. The van der Waals surface area contributed by atoms with Crippen molar-refractivity contribution < 1.29 is 0 Å². The van der Waals surface area contributed by atoms with Crippen LogP contribution in [-0.2, 0) is 6.54 Å². The van der Waals surface area contributed by atoms with Gasteiger partial charge >= 0.3 is 0 Å². The first-order valence-electron chi connectivity index (χ1n) is 7.17. The summed E-state index contributed by atoms with van der Waals surface area (Å²) in [6.07, 6.45) is 4.03. The number of benzene rings is 1. The van der Waals surface area contributed by atoms with Crippen molar-refractivity contribution in [2.45, 2.75) is 32.7 Å². The number of rotatable bonds is 3. The van der Waals surface area contributed by atoms with Gasteiger partial charge in [0.2, 0.25) is 5.82 Å². The Bertz CT molecular complexity index is 543. The molecule has 0 amide bonds. The van der Waals surface area contributed by atoms with Crippen LogP contribution in [0.25, 0.3) is 11.4 Å². The third kappa shape index (κ3) is 3.17. The predicted molar refractivity (Wildman–Crippen MR) is 76.9 cm³/mol. The van der Waals surface area contributed by atoms with Gasteiger partial charge in [0.1, 0.15) is 0 Å². The van der Waals surface area contributed by atoms with Crippen LogP contribution in [0.2, 0.25) is 0 Å². The first-order chi connectivity index (χ1) is 9.81. The van der Waals surface area contributed by atoms with Gasteiger partial charge in [-0.05, 0) is 38.4 Å². The maximum atomic E-state index is 4.06. The number of nitrogens with zero attached hydrogens (tertiary/aromatic N) is 5. The molecule has 0 radical (unpaired) electrons. The molecule has 0 N–H and O–H groups in total. The Morgan fingerprint density at radius 3 is 2.20 bits per heavy atom. The first kappa shape index (κ1) is 13.1. The topological polar surface area (TPSA) is 54.8 Å². The van der Waals surface area contributed by atoms with Crippen LogP contribution in [0.3, 0.4) is 0 Å². The third-order valence-corrected chi connectivity index (χ3v) is 3.65. The van der Waals surface area contributed by atoms with E-state index in [4.69, 9.17) is 0 Å². The van der Waals surface area contributed by atoms with Crippen molar-refractivity contribution in [3.05, 3.63) is 35.7 Å². The van der Waals surface area contributed by atoms with Gasteiger partial charge in [-0.15, -0.1) is 20.4 Å². The first-order valence-corrected chi connectivity index (χ1v) is 7.17. The molecule has 2 aromatic rings. The number of hydrogen-bond donors (Lipinski definition) is 0. The lowest BCUT2D eigenvalue weighted by molar-refractivity contribution is 0.221. The zero-order valence-electron chi connectivity index (χ0n) is 11.8. The average molecular weight is 269 g/mol. The summed E-state index contributed by atoms with van der Waals surface area (Å²) < 4.78 is 0. The van der Waals surface area contributed by atoms with E-state index in [0.29, 0.717) is 11.6 Å². The molecule has 1 aromatic carbocycles. The van der Waals surface area contributed by atoms with Crippen LogP contribution in [-0.4, -0.2) is 38.4 Å². The monoisotopic (exact) mass is 269 g/mol. The molecule has 0 saturated carbocycles. The largest absolute Gasteiger partial charge is 0.299 e. The Balaban J connectivity index is 1.69. The van der Waals surface area contributed by atoms with Crippen LogP contribution in [0.4, 0.5) is 0 Å². The summed E-state index contributed by atoms with van der Waals surface area (Å²) in [5.41, 5.74) is 2.30. The van der Waals surface area contributed by atoms with Gasteiger partial charge in [0.05, 0.1) is 0 Å². The van der Waals surface area contributed by atoms with Crippen LogP contribution in [0, 0.1) is 6.92 Å². The lowest BCUT2D eigenvalue weighted by Gasteiger charge is -2.26. The molecule has 2 heterocycles. The number of aromatic nitrogens is 4.